The standard InChI is InChI=1S/C29H21BrN2O4S4/c30-20-23(33)25-19(12-14-37-25)40-29(20)38-13-11-18-15-39-27-21(31)26(34)32(27)22(18)28(35)36-24(16-7-3-1-4-8-16)17-9-5-2-6-10-17/h1-14,21,24,27H,15,31H2/t21-,27+/m1/s1. The molecule has 2 aliphatic rings. The SMILES string of the molecule is N[C@@H]1C(=O)N2C(C(=O)OC(c3ccccc3)c3ccccc3)=C(C=CSc3sc4ccsc4c(=O)c3Br)CS[C@@H]12. The number of nitrogens with two attached hydrogens (primary N) is 1. The number of carbonyl (C=O) groups excluding carboxylic acids is 2. The fraction of sp³-hybridized carbons (Fsp3) is 0.138. The van der Waals surface area contributed by atoms with Gasteiger partial charge in [-0.15, -0.1) is 34.4 Å². The lowest BCUT2D eigenvalue weighted by atomic mass is 10.0. The van der Waals surface area contributed by atoms with Gasteiger partial charge in [0, 0.05) is 5.75 Å². The van der Waals surface area contributed by atoms with E-state index < -0.39 is 18.1 Å². The van der Waals surface area contributed by atoms with Crippen molar-refractivity contribution in [2.75, 3.05) is 5.75 Å². The summed E-state index contributed by atoms with van der Waals surface area (Å²) in [6.45, 7) is 0. The van der Waals surface area contributed by atoms with E-state index >= 15 is 0 Å². The van der Waals surface area contributed by atoms with Gasteiger partial charge in [0.25, 0.3) is 0 Å². The monoisotopic (exact) mass is 668 g/mol. The Bertz CT molecular complexity index is 1680. The lowest BCUT2D eigenvalue weighted by Gasteiger charge is -2.48. The molecule has 1 saturated heterocycles. The third-order valence-electron chi connectivity index (χ3n) is 6.52. The van der Waals surface area contributed by atoms with Crippen LogP contribution in [0, 0.1) is 0 Å². The largest absolute Gasteiger partial charge is 0.448 e. The summed E-state index contributed by atoms with van der Waals surface area (Å²) in [6.07, 6.45) is 1.17. The van der Waals surface area contributed by atoms with Crippen LogP contribution in [-0.2, 0) is 14.3 Å². The highest BCUT2D eigenvalue weighted by Gasteiger charge is 2.52. The van der Waals surface area contributed by atoms with Crippen molar-refractivity contribution in [3.8, 4) is 0 Å². The maximum absolute atomic E-state index is 13.8. The number of thioether (sulfide) groups is 2. The first-order chi connectivity index (χ1) is 19.4. The second-order valence-electron chi connectivity index (χ2n) is 8.98. The summed E-state index contributed by atoms with van der Waals surface area (Å²) < 4.78 is 9.13. The molecule has 1 fully saturated rings. The molecular formula is C29H21BrN2O4S4. The van der Waals surface area contributed by atoms with Gasteiger partial charge in [0.15, 0.2) is 6.10 Å². The Balaban J connectivity index is 1.33. The summed E-state index contributed by atoms with van der Waals surface area (Å²) in [5.74, 6) is -0.396. The van der Waals surface area contributed by atoms with Gasteiger partial charge in [-0.3, -0.25) is 14.5 Å². The van der Waals surface area contributed by atoms with Gasteiger partial charge in [0.2, 0.25) is 11.3 Å². The van der Waals surface area contributed by atoms with Crippen LogP contribution in [0.3, 0.4) is 0 Å². The van der Waals surface area contributed by atoms with Crippen LogP contribution in [0.4, 0.5) is 0 Å². The number of carbonyl (C=O) groups is 2. The molecule has 40 heavy (non-hydrogen) atoms. The number of allylic oxidation sites excluding steroid dienone is 1. The van der Waals surface area contributed by atoms with Crippen molar-refractivity contribution in [1.29, 1.82) is 0 Å². The molecule has 4 heterocycles. The number of nitrogens with zero attached hydrogens (tertiary/aromatic N) is 1. The number of thiophene rings is 1. The summed E-state index contributed by atoms with van der Waals surface area (Å²) >= 11 is 9.31. The minimum absolute atomic E-state index is 0.0350. The molecule has 1 amide bonds. The van der Waals surface area contributed by atoms with E-state index in [1.807, 2.05) is 83.6 Å². The molecule has 0 unspecified atom stereocenters. The molecule has 0 radical (unpaired) electrons. The first-order valence-electron chi connectivity index (χ1n) is 12.2. The minimum atomic E-state index is -0.655. The number of rotatable bonds is 7. The van der Waals surface area contributed by atoms with E-state index in [1.54, 1.807) is 0 Å². The predicted molar refractivity (Wildman–Crippen MR) is 168 cm³/mol. The molecule has 202 valence electrons. The zero-order chi connectivity index (χ0) is 27.8. The molecule has 11 heteroatoms. The topological polar surface area (TPSA) is 89.7 Å². The summed E-state index contributed by atoms with van der Waals surface area (Å²) in [6, 6.07) is 20.3. The molecule has 4 aromatic rings. The highest BCUT2D eigenvalue weighted by Crippen LogP contribution is 2.42. The fourth-order valence-electron chi connectivity index (χ4n) is 4.54. The summed E-state index contributed by atoms with van der Waals surface area (Å²) in [4.78, 5) is 40.9. The number of amides is 1. The number of hydrogen-bond donors (Lipinski definition) is 1. The number of β-lactam (4-membered cyclic amide) rings is 1. The highest BCUT2D eigenvalue weighted by molar-refractivity contribution is 9.10. The molecule has 6 nitrogen and oxygen atoms in total. The zero-order valence-corrected chi connectivity index (χ0v) is 25.5. The Morgan fingerprint density at radius 3 is 2.42 bits per heavy atom. The van der Waals surface area contributed by atoms with Crippen molar-refractivity contribution in [3.63, 3.8) is 0 Å². The number of ether oxygens (including phenoxy) is 1. The molecule has 2 N–H and O–H groups in total. The van der Waals surface area contributed by atoms with Gasteiger partial charge in [0.05, 0.1) is 18.1 Å². The normalized spacial score (nSPS) is 18.9. The van der Waals surface area contributed by atoms with Crippen molar-refractivity contribution in [2.24, 2.45) is 5.73 Å². The Morgan fingerprint density at radius 2 is 1.75 bits per heavy atom. The second-order valence-corrected chi connectivity index (χ2v) is 14.0. The van der Waals surface area contributed by atoms with E-state index in [0.717, 1.165) is 24.7 Å². The average Bonchev–Trinajstić information content (AvgIpc) is 3.47. The van der Waals surface area contributed by atoms with Gasteiger partial charge < -0.3 is 10.5 Å². The highest BCUT2D eigenvalue weighted by atomic mass is 79.9. The van der Waals surface area contributed by atoms with Gasteiger partial charge >= 0.3 is 5.97 Å². The number of hydrogen-bond acceptors (Lipinski definition) is 9. The fourth-order valence-corrected chi connectivity index (χ4v) is 9.63. The van der Waals surface area contributed by atoms with Crippen LogP contribution in [0.15, 0.2) is 108 Å². The third kappa shape index (κ3) is 5.10. The molecular weight excluding hydrogens is 649 g/mol. The smallest absolute Gasteiger partial charge is 0.356 e. The number of benzene rings is 2. The van der Waals surface area contributed by atoms with Crippen molar-refractivity contribution in [2.45, 2.75) is 21.7 Å². The number of fused-ring (bicyclic) bond motifs is 2. The average molecular weight is 670 g/mol. The maximum Gasteiger partial charge on any atom is 0.356 e. The Kier molecular flexibility index (Phi) is 8.02. The Hall–Kier alpha value is -2.67. The molecule has 2 aromatic heterocycles. The Morgan fingerprint density at radius 1 is 1.07 bits per heavy atom. The second kappa shape index (κ2) is 11.7. The van der Waals surface area contributed by atoms with E-state index in [-0.39, 0.29) is 22.4 Å². The van der Waals surface area contributed by atoms with E-state index in [4.69, 9.17) is 10.5 Å². The zero-order valence-electron chi connectivity index (χ0n) is 20.7. The molecule has 2 aliphatic heterocycles. The van der Waals surface area contributed by atoms with Crippen LogP contribution in [0.25, 0.3) is 9.40 Å². The Labute approximate surface area is 255 Å². The van der Waals surface area contributed by atoms with Crippen LogP contribution in [0.2, 0.25) is 0 Å². The molecule has 6 rings (SSSR count). The third-order valence-corrected chi connectivity index (χ3v) is 12.3. The van der Waals surface area contributed by atoms with E-state index in [1.165, 1.54) is 51.1 Å². The quantitative estimate of drug-likeness (QED) is 0.136. The maximum atomic E-state index is 13.8. The summed E-state index contributed by atoms with van der Waals surface area (Å²) in [5, 5.41) is 3.44. The van der Waals surface area contributed by atoms with Crippen LogP contribution in [0.5, 0.6) is 0 Å². The molecule has 0 spiro atoms. The molecule has 2 aromatic carbocycles. The van der Waals surface area contributed by atoms with E-state index in [2.05, 4.69) is 15.9 Å². The number of halogens is 1. The minimum Gasteiger partial charge on any atom is -0.448 e. The first-order valence-corrected chi connectivity index (χ1v) is 16.6. The van der Waals surface area contributed by atoms with Crippen LogP contribution in [-0.4, -0.2) is 33.9 Å². The van der Waals surface area contributed by atoms with Gasteiger partial charge in [-0.05, 0) is 55.6 Å². The first kappa shape index (κ1) is 27.5. The molecule has 0 saturated carbocycles. The van der Waals surface area contributed by atoms with E-state index in [9.17, 15) is 14.4 Å². The van der Waals surface area contributed by atoms with Crippen molar-refractivity contribution in [3.05, 3.63) is 121 Å². The van der Waals surface area contributed by atoms with Crippen LogP contribution >= 0.6 is 62.1 Å². The van der Waals surface area contributed by atoms with Gasteiger partial charge in [0.1, 0.15) is 17.1 Å². The molecule has 2 atom stereocenters. The van der Waals surface area contributed by atoms with Crippen LogP contribution in [0.1, 0.15) is 17.2 Å². The van der Waals surface area contributed by atoms with Gasteiger partial charge in [-0.1, -0.05) is 72.4 Å². The van der Waals surface area contributed by atoms with E-state index in [0.29, 0.717) is 15.8 Å². The summed E-state index contributed by atoms with van der Waals surface area (Å²) in [7, 11) is 0. The molecule has 0 bridgehead atoms. The predicted octanol–water partition coefficient (Wildman–Crippen LogP) is 6.52. The van der Waals surface area contributed by atoms with Gasteiger partial charge in [-0.2, -0.15) is 0 Å². The van der Waals surface area contributed by atoms with Crippen molar-refractivity contribution >= 4 is 83.4 Å². The van der Waals surface area contributed by atoms with Crippen molar-refractivity contribution in [1.82, 2.24) is 4.90 Å². The van der Waals surface area contributed by atoms with Gasteiger partial charge in [-0.25, -0.2) is 4.79 Å². The van der Waals surface area contributed by atoms with Crippen molar-refractivity contribution < 1.29 is 14.3 Å². The lowest BCUT2D eigenvalue weighted by Crippen LogP contribution is -2.68. The number of esters is 1. The van der Waals surface area contributed by atoms with Crippen LogP contribution < -0.4 is 11.2 Å². The lowest BCUT2D eigenvalue weighted by molar-refractivity contribution is -0.153. The molecule has 0 aliphatic carbocycles. The summed E-state index contributed by atoms with van der Waals surface area (Å²) in [5.41, 5.74) is 8.57.